The van der Waals surface area contributed by atoms with Gasteiger partial charge in [0.15, 0.2) is 0 Å². The van der Waals surface area contributed by atoms with Crippen LogP contribution in [0.2, 0.25) is 0 Å². The molecule has 108 valence electrons. The summed E-state index contributed by atoms with van der Waals surface area (Å²) in [7, 11) is 0. The lowest BCUT2D eigenvalue weighted by Crippen LogP contribution is -2.16. The number of rotatable bonds is 7. The van der Waals surface area contributed by atoms with Crippen LogP contribution in [-0.2, 0) is 0 Å². The molecule has 0 radical (unpaired) electrons. The Morgan fingerprint density at radius 1 is 1.26 bits per heavy atom. The van der Waals surface area contributed by atoms with Crippen LogP contribution >= 0.6 is 11.8 Å². The van der Waals surface area contributed by atoms with Crippen molar-refractivity contribution < 1.29 is 5.11 Å². The zero-order valence-corrected chi connectivity index (χ0v) is 13.3. The van der Waals surface area contributed by atoms with Crippen LogP contribution in [-0.4, -0.2) is 33.0 Å². The summed E-state index contributed by atoms with van der Waals surface area (Å²) < 4.78 is 0. The summed E-state index contributed by atoms with van der Waals surface area (Å²) >= 11 is 1.61. The smallest absolute Gasteiger partial charge is 0.133 e. The number of thioether (sulfide) groups is 1. The molecule has 5 heteroatoms. The molecule has 2 N–H and O–H groups in total. The normalized spacial score (nSPS) is 14.5. The first-order valence-electron chi connectivity index (χ1n) is 6.90. The van der Waals surface area contributed by atoms with Gasteiger partial charge in [0.05, 0.1) is 6.10 Å². The fourth-order valence-corrected chi connectivity index (χ4v) is 2.77. The third kappa shape index (κ3) is 4.66. The van der Waals surface area contributed by atoms with E-state index in [1.54, 1.807) is 18.1 Å². The molecule has 0 saturated heterocycles. The average Bonchev–Trinajstić information content (AvgIpc) is 2.35. The molecule has 1 aromatic rings. The van der Waals surface area contributed by atoms with Crippen LogP contribution < -0.4 is 5.32 Å². The molecule has 0 spiro atoms. The summed E-state index contributed by atoms with van der Waals surface area (Å²) in [6.45, 7) is 11.2. The Hall–Kier alpha value is -0.810. The van der Waals surface area contributed by atoms with Crippen molar-refractivity contribution in [3.63, 3.8) is 0 Å². The first-order chi connectivity index (χ1) is 8.97. The van der Waals surface area contributed by atoms with E-state index in [2.05, 4.69) is 36.1 Å². The molecule has 0 aliphatic rings. The average molecular weight is 283 g/mol. The number of aliphatic hydroxyl groups is 1. The molecule has 4 nitrogen and oxygen atoms in total. The largest absolute Gasteiger partial charge is 0.392 e. The van der Waals surface area contributed by atoms with Crippen LogP contribution in [0.15, 0.2) is 11.4 Å². The number of aromatic nitrogens is 2. The van der Waals surface area contributed by atoms with Gasteiger partial charge in [-0.1, -0.05) is 27.7 Å². The van der Waals surface area contributed by atoms with Gasteiger partial charge in [-0.05, 0) is 19.3 Å². The van der Waals surface area contributed by atoms with Crippen LogP contribution in [0, 0.1) is 0 Å². The number of anilines is 1. The molecule has 0 amide bonds. The molecule has 0 aliphatic carbocycles. The molecule has 19 heavy (non-hydrogen) atoms. The van der Waals surface area contributed by atoms with Gasteiger partial charge in [0.1, 0.15) is 17.2 Å². The minimum Gasteiger partial charge on any atom is -0.392 e. The summed E-state index contributed by atoms with van der Waals surface area (Å²) in [6.07, 6.45) is 2.31. The summed E-state index contributed by atoms with van der Waals surface area (Å²) in [5, 5.41) is 14.1. The highest BCUT2D eigenvalue weighted by atomic mass is 32.2. The van der Waals surface area contributed by atoms with Crippen molar-refractivity contribution >= 4 is 17.6 Å². The minimum absolute atomic E-state index is 0.117. The van der Waals surface area contributed by atoms with E-state index in [1.165, 1.54) is 0 Å². The number of nitrogens with one attached hydrogen (secondary N) is 1. The summed E-state index contributed by atoms with van der Waals surface area (Å²) in [5.41, 5.74) is 1.15. The zero-order chi connectivity index (χ0) is 14.4. The summed E-state index contributed by atoms with van der Waals surface area (Å²) in [4.78, 5) is 8.74. The fourth-order valence-electron chi connectivity index (χ4n) is 1.65. The number of hydrogen-bond donors (Lipinski definition) is 2. The van der Waals surface area contributed by atoms with Gasteiger partial charge in [-0.25, -0.2) is 9.97 Å². The molecular formula is C14H25N3OS. The predicted molar refractivity (Wildman–Crippen MR) is 81.9 cm³/mol. The van der Waals surface area contributed by atoms with E-state index < -0.39 is 0 Å². The SMILES string of the molecule is CCCNc1ncnc(SC(C)C(C)O)c1C(C)C. The summed E-state index contributed by atoms with van der Waals surface area (Å²) in [5.74, 6) is 1.27. The second kappa shape index (κ2) is 7.70. The molecule has 0 aliphatic heterocycles. The van der Waals surface area contributed by atoms with Crippen LogP contribution in [0.5, 0.6) is 0 Å². The first-order valence-corrected chi connectivity index (χ1v) is 7.78. The third-order valence-corrected chi connectivity index (χ3v) is 4.26. The molecule has 0 saturated carbocycles. The Morgan fingerprint density at radius 3 is 2.47 bits per heavy atom. The first kappa shape index (κ1) is 16.2. The third-order valence-electron chi connectivity index (χ3n) is 2.94. The van der Waals surface area contributed by atoms with Gasteiger partial charge in [-0.2, -0.15) is 0 Å². The molecule has 0 fully saturated rings. The number of hydrogen-bond acceptors (Lipinski definition) is 5. The molecular weight excluding hydrogens is 258 g/mol. The van der Waals surface area contributed by atoms with Crippen molar-refractivity contribution in [2.45, 2.75) is 63.3 Å². The maximum atomic E-state index is 9.64. The second-order valence-corrected chi connectivity index (χ2v) is 6.45. The fraction of sp³-hybridized carbons (Fsp3) is 0.714. The lowest BCUT2D eigenvalue weighted by atomic mass is 10.1. The van der Waals surface area contributed by atoms with Crippen LogP contribution in [0.3, 0.4) is 0 Å². The molecule has 1 aromatic heterocycles. The highest BCUT2D eigenvalue weighted by Gasteiger charge is 2.19. The van der Waals surface area contributed by atoms with Gasteiger partial charge in [-0.15, -0.1) is 11.8 Å². The molecule has 2 atom stereocenters. The van der Waals surface area contributed by atoms with Crippen molar-refractivity contribution in [2.75, 3.05) is 11.9 Å². The standard InChI is InChI=1S/C14H25N3OS/c1-6-7-15-13-12(9(2)3)14(17-8-16-13)19-11(5)10(4)18/h8-11,18H,6-7H2,1-5H3,(H,15,16,17). The number of aliphatic hydroxyl groups excluding tert-OH is 1. The molecule has 2 unspecified atom stereocenters. The van der Waals surface area contributed by atoms with Gasteiger partial charge in [0, 0.05) is 17.4 Å². The maximum absolute atomic E-state index is 9.64. The second-order valence-electron chi connectivity index (χ2n) is 5.09. The van der Waals surface area contributed by atoms with Crippen molar-refractivity contribution in [2.24, 2.45) is 0 Å². The minimum atomic E-state index is -0.355. The highest BCUT2D eigenvalue weighted by Crippen LogP contribution is 2.34. The molecule has 1 heterocycles. The molecule has 1 rings (SSSR count). The van der Waals surface area contributed by atoms with Crippen molar-refractivity contribution in [1.82, 2.24) is 9.97 Å². The topological polar surface area (TPSA) is 58.0 Å². The van der Waals surface area contributed by atoms with Gasteiger partial charge >= 0.3 is 0 Å². The van der Waals surface area contributed by atoms with Crippen LogP contribution in [0.1, 0.15) is 52.5 Å². The van der Waals surface area contributed by atoms with E-state index >= 15 is 0 Å². The highest BCUT2D eigenvalue weighted by molar-refractivity contribution is 7.99. The van der Waals surface area contributed by atoms with Gasteiger partial charge in [0.25, 0.3) is 0 Å². The van der Waals surface area contributed by atoms with Crippen molar-refractivity contribution in [1.29, 1.82) is 0 Å². The van der Waals surface area contributed by atoms with Crippen molar-refractivity contribution in [3.05, 3.63) is 11.9 Å². The molecule has 0 aromatic carbocycles. The Bertz CT molecular complexity index is 396. The summed E-state index contributed by atoms with van der Waals surface area (Å²) in [6, 6.07) is 0. The van der Waals surface area contributed by atoms with E-state index in [-0.39, 0.29) is 11.4 Å². The Balaban J connectivity index is 3.02. The van der Waals surface area contributed by atoms with Gasteiger partial charge in [-0.3, -0.25) is 0 Å². The monoisotopic (exact) mass is 283 g/mol. The molecule has 0 bridgehead atoms. The quantitative estimate of drug-likeness (QED) is 0.594. The van der Waals surface area contributed by atoms with Gasteiger partial charge in [0.2, 0.25) is 0 Å². The van der Waals surface area contributed by atoms with Crippen molar-refractivity contribution in [3.8, 4) is 0 Å². The van der Waals surface area contributed by atoms with E-state index in [0.29, 0.717) is 5.92 Å². The van der Waals surface area contributed by atoms with Gasteiger partial charge < -0.3 is 10.4 Å². The van der Waals surface area contributed by atoms with E-state index in [0.717, 1.165) is 29.4 Å². The number of nitrogens with zero attached hydrogens (tertiary/aromatic N) is 2. The predicted octanol–water partition coefficient (Wildman–Crippen LogP) is 3.28. The maximum Gasteiger partial charge on any atom is 0.133 e. The van der Waals surface area contributed by atoms with E-state index in [4.69, 9.17) is 0 Å². The zero-order valence-electron chi connectivity index (χ0n) is 12.5. The lowest BCUT2D eigenvalue weighted by molar-refractivity contribution is 0.196. The van der Waals surface area contributed by atoms with E-state index in [1.807, 2.05) is 13.8 Å². The Kier molecular flexibility index (Phi) is 6.58. The van der Waals surface area contributed by atoms with E-state index in [9.17, 15) is 5.11 Å². The Labute approximate surface area is 120 Å². The lowest BCUT2D eigenvalue weighted by Gasteiger charge is -2.19. The van der Waals surface area contributed by atoms with Crippen LogP contribution in [0.4, 0.5) is 5.82 Å². The van der Waals surface area contributed by atoms with Crippen LogP contribution in [0.25, 0.3) is 0 Å². The Morgan fingerprint density at radius 2 is 1.95 bits per heavy atom.